The standard InChI is InChI=1S/C17H19NO2/c1-12(18)13-6-8-15(9-7-13)19-10-14-11-20-17-5-3-2-4-16(14)17/h2-9,12,14H,10-11,18H2,1H3. The van der Waals surface area contributed by atoms with E-state index in [1.54, 1.807) is 0 Å². The molecule has 0 spiro atoms. The fraction of sp³-hybridized carbons (Fsp3) is 0.294. The van der Waals surface area contributed by atoms with Gasteiger partial charge in [-0.3, -0.25) is 0 Å². The first-order valence-corrected chi connectivity index (χ1v) is 6.94. The lowest BCUT2D eigenvalue weighted by Crippen LogP contribution is -2.11. The van der Waals surface area contributed by atoms with Crippen molar-refractivity contribution in [3.8, 4) is 11.5 Å². The Labute approximate surface area is 119 Å². The summed E-state index contributed by atoms with van der Waals surface area (Å²) in [6, 6.07) is 16.2. The van der Waals surface area contributed by atoms with E-state index in [1.807, 2.05) is 49.4 Å². The van der Waals surface area contributed by atoms with Gasteiger partial charge in [-0.15, -0.1) is 0 Å². The highest BCUT2D eigenvalue weighted by atomic mass is 16.5. The first-order chi connectivity index (χ1) is 9.74. The lowest BCUT2D eigenvalue weighted by atomic mass is 10.0. The van der Waals surface area contributed by atoms with Gasteiger partial charge in [-0.1, -0.05) is 30.3 Å². The largest absolute Gasteiger partial charge is 0.493 e. The van der Waals surface area contributed by atoms with E-state index >= 15 is 0 Å². The molecule has 3 rings (SSSR count). The molecule has 3 heteroatoms. The molecule has 104 valence electrons. The molecule has 0 bridgehead atoms. The second kappa shape index (κ2) is 5.55. The van der Waals surface area contributed by atoms with Gasteiger partial charge in [0, 0.05) is 11.6 Å². The molecular formula is C17H19NO2. The minimum Gasteiger partial charge on any atom is -0.493 e. The molecule has 0 amide bonds. The summed E-state index contributed by atoms with van der Waals surface area (Å²) in [5, 5.41) is 0. The third-order valence-corrected chi connectivity index (χ3v) is 3.66. The number of para-hydroxylation sites is 1. The zero-order valence-corrected chi connectivity index (χ0v) is 11.6. The van der Waals surface area contributed by atoms with E-state index in [9.17, 15) is 0 Å². The average molecular weight is 269 g/mol. The highest BCUT2D eigenvalue weighted by molar-refractivity contribution is 5.40. The first-order valence-electron chi connectivity index (χ1n) is 6.94. The molecule has 2 N–H and O–H groups in total. The molecule has 0 saturated carbocycles. The van der Waals surface area contributed by atoms with Crippen molar-refractivity contribution in [2.75, 3.05) is 13.2 Å². The molecule has 1 aliphatic rings. The van der Waals surface area contributed by atoms with Gasteiger partial charge in [0.1, 0.15) is 11.5 Å². The molecule has 0 aromatic heterocycles. The number of hydrogen-bond acceptors (Lipinski definition) is 3. The van der Waals surface area contributed by atoms with Gasteiger partial charge in [-0.25, -0.2) is 0 Å². The Morgan fingerprint density at radius 1 is 1.20 bits per heavy atom. The second-order valence-electron chi connectivity index (χ2n) is 5.21. The van der Waals surface area contributed by atoms with Crippen molar-refractivity contribution >= 4 is 0 Å². The Morgan fingerprint density at radius 3 is 2.70 bits per heavy atom. The number of fused-ring (bicyclic) bond motifs is 1. The van der Waals surface area contributed by atoms with Crippen LogP contribution < -0.4 is 15.2 Å². The Bertz CT molecular complexity index is 578. The van der Waals surface area contributed by atoms with Crippen molar-refractivity contribution < 1.29 is 9.47 Å². The number of nitrogens with two attached hydrogens (primary N) is 1. The second-order valence-corrected chi connectivity index (χ2v) is 5.21. The summed E-state index contributed by atoms with van der Waals surface area (Å²) in [4.78, 5) is 0. The van der Waals surface area contributed by atoms with Crippen LogP contribution in [0.25, 0.3) is 0 Å². The zero-order valence-electron chi connectivity index (χ0n) is 11.6. The Hall–Kier alpha value is -2.00. The minimum atomic E-state index is 0.0548. The third kappa shape index (κ3) is 2.63. The Kier molecular flexibility index (Phi) is 3.61. The molecule has 1 aliphatic heterocycles. The molecular weight excluding hydrogens is 250 g/mol. The molecule has 0 fully saturated rings. The highest BCUT2D eigenvalue weighted by Crippen LogP contribution is 2.33. The van der Waals surface area contributed by atoms with E-state index in [-0.39, 0.29) is 6.04 Å². The molecule has 2 aromatic rings. The summed E-state index contributed by atoms with van der Waals surface area (Å²) in [6.07, 6.45) is 0. The van der Waals surface area contributed by atoms with E-state index in [4.69, 9.17) is 15.2 Å². The van der Waals surface area contributed by atoms with Gasteiger partial charge in [0.15, 0.2) is 0 Å². The van der Waals surface area contributed by atoms with Crippen LogP contribution in [0.1, 0.15) is 30.0 Å². The van der Waals surface area contributed by atoms with Gasteiger partial charge in [0.05, 0.1) is 19.1 Å². The molecule has 2 unspecified atom stereocenters. The molecule has 2 aromatic carbocycles. The first kappa shape index (κ1) is 13.0. The highest BCUT2D eigenvalue weighted by Gasteiger charge is 2.24. The topological polar surface area (TPSA) is 44.5 Å². The van der Waals surface area contributed by atoms with E-state index in [0.717, 1.165) is 17.1 Å². The van der Waals surface area contributed by atoms with E-state index < -0.39 is 0 Å². The van der Waals surface area contributed by atoms with Crippen LogP contribution in [0.2, 0.25) is 0 Å². The summed E-state index contributed by atoms with van der Waals surface area (Å²) in [5.74, 6) is 2.16. The number of benzene rings is 2. The Morgan fingerprint density at radius 2 is 1.95 bits per heavy atom. The van der Waals surface area contributed by atoms with Crippen molar-refractivity contribution in [2.24, 2.45) is 5.73 Å². The normalized spacial score (nSPS) is 18.2. The van der Waals surface area contributed by atoms with E-state index in [0.29, 0.717) is 19.1 Å². The van der Waals surface area contributed by atoms with Gasteiger partial charge in [-0.05, 0) is 30.7 Å². The predicted octanol–water partition coefficient (Wildman–Crippen LogP) is 3.26. The quantitative estimate of drug-likeness (QED) is 0.926. The maximum Gasteiger partial charge on any atom is 0.123 e. The SMILES string of the molecule is CC(N)c1ccc(OCC2COc3ccccc32)cc1. The van der Waals surface area contributed by atoms with Crippen LogP contribution in [0.5, 0.6) is 11.5 Å². The number of rotatable bonds is 4. The van der Waals surface area contributed by atoms with Crippen molar-refractivity contribution in [1.82, 2.24) is 0 Å². The Balaban J connectivity index is 1.63. The van der Waals surface area contributed by atoms with Crippen LogP contribution >= 0.6 is 0 Å². The lowest BCUT2D eigenvalue weighted by Gasteiger charge is -2.12. The maximum absolute atomic E-state index is 5.86. The van der Waals surface area contributed by atoms with Gasteiger partial charge < -0.3 is 15.2 Å². The van der Waals surface area contributed by atoms with Gasteiger partial charge >= 0.3 is 0 Å². The van der Waals surface area contributed by atoms with Crippen molar-refractivity contribution in [3.05, 3.63) is 59.7 Å². The smallest absolute Gasteiger partial charge is 0.123 e. The lowest BCUT2D eigenvalue weighted by molar-refractivity contribution is 0.248. The molecule has 0 saturated heterocycles. The van der Waals surface area contributed by atoms with Crippen LogP contribution in [-0.4, -0.2) is 13.2 Å². The molecule has 2 atom stereocenters. The van der Waals surface area contributed by atoms with E-state index in [1.165, 1.54) is 5.56 Å². The summed E-state index contributed by atoms with van der Waals surface area (Å²) in [5.41, 5.74) is 8.19. The van der Waals surface area contributed by atoms with Crippen molar-refractivity contribution in [1.29, 1.82) is 0 Å². The summed E-state index contributed by atoms with van der Waals surface area (Å²) in [6.45, 7) is 3.30. The van der Waals surface area contributed by atoms with Crippen molar-refractivity contribution in [2.45, 2.75) is 18.9 Å². The predicted molar refractivity (Wildman–Crippen MR) is 79.2 cm³/mol. The molecule has 0 aliphatic carbocycles. The number of ether oxygens (including phenoxy) is 2. The average Bonchev–Trinajstić information content (AvgIpc) is 2.89. The van der Waals surface area contributed by atoms with Crippen molar-refractivity contribution in [3.63, 3.8) is 0 Å². The number of hydrogen-bond donors (Lipinski definition) is 1. The van der Waals surface area contributed by atoms with Crippen LogP contribution in [-0.2, 0) is 0 Å². The van der Waals surface area contributed by atoms with Crippen LogP contribution in [0, 0.1) is 0 Å². The fourth-order valence-electron chi connectivity index (χ4n) is 2.43. The van der Waals surface area contributed by atoms with Gasteiger partial charge in [0.25, 0.3) is 0 Å². The summed E-state index contributed by atoms with van der Waals surface area (Å²) < 4.78 is 11.5. The van der Waals surface area contributed by atoms with Crippen LogP contribution in [0.3, 0.4) is 0 Å². The molecule has 1 heterocycles. The molecule has 20 heavy (non-hydrogen) atoms. The molecule has 0 radical (unpaired) electrons. The van der Waals surface area contributed by atoms with Crippen LogP contribution in [0.15, 0.2) is 48.5 Å². The van der Waals surface area contributed by atoms with Gasteiger partial charge in [-0.2, -0.15) is 0 Å². The maximum atomic E-state index is 5.86. The monoisotopic (exact) mass is 269 g/mol. The third-order valence-electron chi connectivity index (χ3n) is 3.66. The fourth-order valence-corrected chi connectivity index (χ4v) is 2.43. The summed E-state index contributed by atoms with van der Waals surface area (Å²) in [7, 11) is 0. The van der Waals surface area contributed by atoms with Crippen LogP contribution in [0.4, 0.5) is 0 Å². The minimum absolute atomic E-state index is 0.0548. The zero-order chi connectivity index (χ0) is 13.9. The molecule has 3 nitrogen and oxygen atoms in total. The van der Waals surface area contributed by atoms with Gasteiger partial charge in [0.2, 0.25) is 0 Å². The summed E-state index contributed by atoms with van der Waals surface area (Å²) >= 11 is 0. The van der Waals surface area contributed by atoms with E-state index in [2.05, 4.69) is 6.07 Å².